The van der Waals surface area contributed by atoms with Crippen LogP contribution in [0.25, 0.3) is 0 Å². The summed E-state index contributed by atoms with van der Waals surface area (Å²) >= 11 is 12.0. The first kappa shape index (κ1) is 57.7. The van der Waals surface area contributed by atoms with Gasteiger partial charge in [-0.15, -0.1) is 12.4 Å². The van der Waals surface area contributed by atoms with E-state index < -0.39 is 0 Å². The van der Waals surface area contributed by atoms with Crippen molar-refractivity contribution in [3.05, 3.63) is 94.0 Å². The summed E-state index contributed by atoms with van der Waals surface area (Å²) < 4.78 is 32.3. The number of hydrogen-bond donors (Lipinski definition) is 5. The summed E-state index contributed by atoms with van der Waals surface area (Å²) in [6.45, 7) is 8.22. The monoisotopic (exact) mass is 1080 g/mol. The second kappa shape index (κ2) is 27.8. The molecule has 4 aromatic rings. The van der Waals surface area contributed by atoms with Crippen molar-refractivity contribution < 1.29 is 42.8 Å². The molecule has 5 amide bonds. The van der Waals surface area contributed by atoms with Crippen molar-refractivity contribution in [1.29, 1.82) is 0 Å². The van der Waals surface area contributed by atoms with Gasteiger partial charge in [-0.3, -0.25) is 14.6 Å². The normalized spacial score (nSPS) is 20.3. The summed E-state index contributed by atoms with van der Waals surface area (Å²) in [5.41, 5.74) is 3.73. The molecule has 74 heavy (non-hydrogen) atoms. The molecule has 0 spiro atoms. The first-order valence-corrected chi connectivity index (χ1v) is 25.8. The predicted molar refractivity (Wildman–Crippen MR) is 293 cm³/mol. The number of urea groups is 2. The van der Waals surface area contributed by atoms with Gasteiger partial charge in [0.2, 0.25) is 17.4 Å². The number of amides is 5. The van der Waals surface area contributed by atoms with E-state index in [0.29, 0.717) is 70.8 Å². The van der Waals surface area contributed by atoms with Crippen LogP contribution in [0.4, 0.5) is 21.0 Å². The number of piperidine rings is 2. The molecule has 0 aliphatic carbocycles. The zero-order valence-electron chi connectivity index (χ0n) is 43.5. The number of rotatable bonds is 16. The fourth-order valence-electron chi connectivity index (χ4n) is 10.6. The number of nitrogens with one attached hydrogen (secondary N) is 5. The fourth-order valence-corrected chi connectivity index (χ4v) is 10.9. The van der Waals surface area contributed by atoms with Crippen molar-refractivity contribution in [2.24, 2.45) is 11.8 Å². The fraction of sp³-hybridized carbons (Fsp3) is 0.500. The number of likely N-dealkylation sites (tertiary alicyclic amines) is 3. The Balaban J connectivity index is 0.000000238. The zero-order chi connectivity index (χ0) is 52.0. The number of carbonyl (C=O) groups excluding carboxylic acids is 3. The molecule has 0 bridgehead atoms. The van der Waals surface area contributed by atoms with E-state index in [4.69, 9.17) is 51.6 Å². The topological polar surface area (TPSA) is 176 Å². The molecule has 404 valence electrons. The summed E-state index contributed by atoms with van der Waals surface area (Å²) in [7, 11) is 9.23. The molecule has 0 saturated carbocycles. The van der Waals surface area contributed by atoms with Crippen LogP contribution in [0.2, 0.25) is 10.0 Å². The number of nitrogens with zero attached hydrogens (tertiary/aromatic N) is 3. The molecule has 4 aliphatic rings. The van der Waals surface area contributed by atoms with Crippen molar-refractivity contribution in [1.82, 2.24) is 30.7 Å². The molecule has 4 fully saturated rings. The number of methoxy groups -OCH3 is 6. The smallest absolute Gasteiger partial charge is 0.319 e. The molecule has 5 N–H and O–H groups in total. The summed E-state index contributed by atoms with van der Waals surface area (Å²) in [5, 5.41) is 17.0. The van der Waals surface area contributed by atoms with Crippen LogP contribution in [-0.4, -0.2) is 152 Å². The quantitative estimate of drug-likeness (QED) is 0.0728. The van der Waals surface area contributed by atoms with Gasteiger partial charge in [0.25, 0.3) is 0 Å². The highest BCUT2D eigenvalue weighted by molar-refractivity contribution is 6.30. The van der Waals surface area contributed by atoms with E-state index in [1.54, 1.807) is 52.5 Å². The minimum Gasteiger partial charge on any atom is -0.493 e. The van der Waals surface area contributed by atoms with Gasteiger partial charge in [-0.05, 0) is 112 Å². The molecular weight excluding hydrogens is 1010 g/mol. The van der Waals surface area contributed by atoms with Gasteiger partial charge >= 0.3 is 12.1 Å². The summed E-state index contributed by atoms with van der Waals surface area (Å²) in [5.74, 6) is 4.11. The van der Waals surface area contributed by atoms with Crippen LogP contribution in [0.5, 0.6) is 34.5 Å². The third-order valence-corrected chi connectivity index (χ3v) is 15.0. The highest BCUT2D eigenvalue weighted by atomic mass is 35.5. The Hall–Kier alpha value is -5.56. The molecule has 0 radical (unpaired) electrons. The molecule has 4 aliphatic heterocycles. The van der Waals surface area contributed by atoms with Crippen molar-refractivity contribution >= 4 is 65.0 Å². The van der Waals surface area contributed by atoms with Gasteiger partial charge in [-0.2, -0.15) is 0 Å². The summed E-state index contributed by atoms with van der Waals surface area (Å²) in [6, 6.07) is 22.7. The lowest BCUT2D eigenvalue weighted by Gasteiger charge is -2.38. The van der Waals surface area contributed by atoms with Crippen molar-refractivity contribution in [3.8, 4) is 34.5 Å². The number of halogens is 3. The SMILES string of the molecule is COc1cc(NC(=O)N[C@@H]2CN(C(C)=O)C[C@H]2N2CCC(Cc3ccc(Cl)cc3)CC2)cc(OC)c1OC.COc1cc(NC(=O)N[C@@H]2CNC[C@H]2N2CCC(Cc3ccc(Cl)cc3)CC2)cc(OC)c1OC.Cl. The zero-order valence-corrected chi connectivity index (χ0v) is 45.8. The molecule has 4 aromatic carbocycles. The maximum absolute atomic E-state index is 13.0. The van der Waals surface area contributed by atoms with Gasteiger partial charge in [-0.25, -0.2) is 9.59 Å². The molecule has 4 heterocycles. The van der Waals surface area contributed by atoms with Crippen LogP contribution in [0.3, 0.4) is 0 Å². The first-order valence-electron chi connectivity index (χ1n) is 25.0. The molecule has 20 heteroatoms. The van der Waals surface area contributed by atoms with Crippen LogP contribution >= 0.6 is 35.6 Å². The van der Waals surface area contributed by atoms with Crippen LogP contribution in [0, 0.1) is 11.8 Å². The Morgan fingerprint density at radius 1 is 0.554 bits per heavy atom. The van der Waals surface area contributed by atoms with Gasteiger partial charge in [0.05, 0.1) is 66.1 Å². The molecule has 0 aromatic heterocycles. The van der Waals surface area contributed by atoms with Gasteiger partial charge in [0.15, 0.2) is 23.0 Å². The molecular formula is C54H73Cl3N8O9. The van der Waals surface area contributed by atoms with Gasteiger partial charge < -0.3 is 59.9 Å². The molecule has 8 rings (SSSR count). The number of ether oxygens (including phenoxy) is 6. The van der Waals surface area contributed by atoms with Crippen molar-refractivity contribution in [2.45, 2.75) is 69.6 Å². The second-order valence-electron chi connectivity index (χ2n) is 19.1. The third-order valence-electron chi connectivity index (χ3n) is 14.5. The number of anilines is 2. The standard InChI is InChI=1S/C28H37ClN4O5.C26H35ClN4O4.ClH/c1-18(34)33-16-23(31-28(35)30-22-14-25(36-2)27(38-4)26(15-22)37-3)24(17-33)32-11-9-20(10-12-32)13-19-5-7-21(29)8-6-19;1-33-23-13-20(14-24(34-2)25(23)35-3)29-26(32)30-21-15-28-16-22(21)31-10-8-18(9-11-31)12-17-4-6-19(27)7-5-17;/h5-8,14-15,20,23-24H,9-13,16-17H2,1-4H3,(H2,30,31,35);4-7,13-14,18,21-22,28H,8-12,15-16H2,1-3H3,(H2,29,30,32);1H/t23-,24-;21-,22-;/m11./s1. The van der Waals surface area contributed by atoms with Gasteiger partial charge in [0.1, 0.15) is 0 Å². The van der Waals surface area contributed by atoms with Crippen LogP contribution in [-0.2, 0) is 17.6 Å². The largest absolute Gasteiger partial charge is 0.493 e. The van der Waals surface area contributed by atoms with E-state index in [-0.39, 0.29) is 54.5 Å². The van der Waals surface area contributed by atoms with E-state index in [9.17, 15) is 14.4 Å². The lowest BCUT2D eigenvalue weighted by Crippen LogP contribution is -2.54. The number of carbonyl (C=O) groups is 3. The Morgan fingerprint density at radius 3 is 1.32 bits per heavy atom. The molecule has 4 atom stereocenters. The minimum absolute atomic E-state index is 0. The molecule has 4 saturated heterocycles. The Kier molecular flexibility index (Phi) is 21.7. The van der Waals surface area contributed by atoms with E-state index in [1.807, 2.05) is 29.2 Å². The lowest BCUT2D eigenvalue weighted by atomic mass is 9.89. The highest BCUT2D eigenvalue weighted by Crippen LogP contribution is 2.41. The summed E-state index contributed by atoms with van der Waals surface area (Å²) in [4.78, 5) is 44.8. The molecule has 0 unspecified atom stereocenters. The predicted octanol–water partition coefficient (Wildman–Crippen LogP) is 8.25. The van der Waals surface area contributed by atoms with E-state index >= 15 is 0 Å². The third kappa shape index (κ3) is 15.3. The number of benzene rings is 4. The van der Waals surface area contributed by atoms with E-state index in [2.05, 4.69) is 60.6 Å². The van der Waals surface area contributed by atoms with Gasteiger partial charge in [-0.1, -0.05) is 47.5 Å². The van der Waals surface area contributed by atoms with E-state index in [1.165, 1.54) is 32.5 Å². The highest BCUT2D eigenvalue weighted by Gasteiger charge is 2.40. The van der Waals surface area contributed by atoms with E-state index in [0.717, 1.165) is 87.8 Å². The second-order valence-corrected chi connectivity index (χ2v) is 19.9. The van der Waals surface area contributed by atoms with Crippen molar-refractivity contribution in [2.75, 3.05) is 106 Å². The average Bonchev–Trinajstić information content (AvgIpc) is 4.05. The Labute approximate surface area is 451 Å². The molecule has 17 nitrogen and oxygen atoms in total. The van der Waals surface area contributed by atoms with Crippen LogP contribution in [0.1, 0.15) is 43.7 Å². The number of hydrogen-bond acceptors (Lipinski definition) is 12. The maximum Gasteiger partial charge on any atom is 0.319 e. The van der Waals surface area contributed by atoms with Crippen LogP contribution in [0.15, 0.2) is 72.8 Å². The Bertz CT molecular complexity index is 2410. The maximum atomic E-state index is 13.0. The Morgan fingerprint density at radius 2 is 0.946 bits per heavy atom. The van der Waals surface area contributed by atoms with Crippen molar-refractivity contribution in [3.63, 3.8) is 0 Å². The minimum atomic E-state index is -0.350. The first-order chi connectivity index (χ1) is 35.3. The lowest BCUT2D eigenvalue weighted by molar-refractivity contribution is -0.128. The van der Waals surface area contributed by atoms with Crippen LogP contribution < -0.4 is 55.0 Å². The van der Waals surface area contributed by atoms with Gasteiger partial charge in [0, 0.05) is 79.5 Å². The average molecular weight is 1080 g/mol. The summed E-state index contributed by atoms with van der Waals surface area (Å²) in [6.07, 6.45) is 6.58.